The molecule has 0 aliphatic carbocycles. The first-order valence-electron chi connectivity index (χ1n) is 13.0. The molecular formula is C26H33N5O9S. The Labute approximate surface area is 239 Å². The van der Waals surface area contributed by atoms with E-state index in [1.807, 2.05) is 0 Å². The summed E-state index contributed by atoms with van der Waals surface area (Å²) >= 11 is 1.13. The van der Waals surface area contributed by atoms with Gasteiger partial charge in [0.15, 0.2) is 28.4 Å². The Morgan fingerprint density at radius 1 is 1.15 bits per heavy atom. The summed E-state index contributed by atoms with van der Waals surface area (Å²) < 4.78 is 23.2. The van der Waals surface area contributed by atoms with E-state index in [4.69, 9.17) is 24.7 Å². The summed E-state index contributed by atoms with van der Waals surface area (Å²) in [4.78, 5) is 36.4. The van der Waals surface area contributed by atoms with Crippen LogP contribution in [0.15, 0.2) is 35.7 Å². The van der Waals surface area contributed by atoms with Crippen molar-refractivity contribution in [3.63, 3.8) is 0 Å². The maximum absolute atomic E-state index is 11.9. The summed E-state index contributed by atoms with van der Waals surface area (Å²) in [6.45, 7) is 5.04. The van der Waals surface area contributed by atoms with Crippen LogP contribution < -0.4 is 10.5 Å². The number of fused-ring (bicyclic) bond motifs is 1. The van der Waals surface area contributed by atoms with Crippen LogP contribution in [0.2, 0.25) is 0 Å². The molecule has 15 heteroatoms. The van der Waals surface area contributed by atoms with Crippen molar-refractivity contribution in [2.24, 2.45) is 5.92 Å². The van der Waals surface area contributed by atoms with Crippen LogP contribution in [0.5, 0.6) is 5.75 Å². The number of ether oxygens (including phenoxy) is 4. The molecule has 3 heterocycles. The van der Waals surface area contributed by atoms with Gasteiger partial charge < -0.3 is 40.0 Å². The number of nitrogen functional groups attached to an aromatic ring is 1. The monoisotopic (exact) mass is 591 g/mol. The molecule has 0 spiro atoms. The van der Waals surface area contributed by atoms with E-state index in [1.165, 1.54) is 10.9 Å². The van der Waals surface area contributed by atoms with Crippen LogP contribution in [-0.4, -0.2) is 96.8 Å². The van der Waals surface area contributed by atoms with Crippen LogP contribution in [-0.2, 0) is 19.0 Å². The molecule has 3 aromatic rings. The van der Waals surface area contributed by atoms with Gasteiger partial charge in [-0.05, 0) is 31.2 Å². The minimum absolute atomic E-state index is 0.0571. The minimum atomic E-state index is -1.41. The van der Waals surface area contributed by atoms with Crippen LogP contribution in [0.1, 0.15) is 37.4 Å². The summed E-state index contributed by atoms with van der Waals surface area (Å²) in [5, 5.41) is 32.4. The zero-order valence-electron chi connectivity index (χ0n) is 22.7. The van der Waals surface area contributed by atoms with E-state index in [-0.39, 0.29) is 48.5 Å². The molecule has 0 radical (unpaired) electrons. The molecule has 14 nitrogen and oxygen atoms in total. The molecule has 2 aromatic heterocycles. The lowest BCUT2D eigenvalue weighted by Crippen LogP contribution is -2.34. The lowest BCUT2D eigenvalue weighted by molar-refractivity contribution is -0.153. The van der Waals surface area contributed by atoms with Gasteiger partial charge in [-0.1, -0.05) is 25.6 Å². The second-order valence-corrected chi connectivity index (χ2v) is 10.5. The van der Waals surface area contributed by atoms with Gasteiger partial charge in [0, 0.05) is 5.75 Å². The Morgan fingerprint density at radius 3 is 2.56 bits per heavy atom. The highest BCUT2D eigenvalue weighted by atomic mass is 32.2. The third kappa shape index (κ3) is 7.05. The zero-order valence-corrected chi connectivity index (χ0v) is 23.6. The van der Waals surface area contributed by atoms with Crippen LogP contribution in [0.4, 0.5) is 5.82 Å². The predicted molar refractivity (Wildman–Crippen MR) is 146 cm³/mol. The fourth-order valence-corrected chi connectivity index (χ4v) is 4.88. The lowest BCUT2D eigenvalue weighted by atomic mass is 10.1. The molecule has 1 unspecified atom stereocenters. The quantitative estimate of drug-likeness (QED) is 0.171. The molecule has 4 rings (SSSR count). The smallest absolute Gasteiger partial charge is 0.338 e. The molecule has 1 aromatic carbocycles. The fraction of sp³-hybridized carbons (Fsp3) is 0.500. The summed E-state index contributed by atoms with van der Waals surface area (Å²) in [5.41, 5.74) is 6.90. The molecule has 1 fully saturated rings. The molecule has 5 N–H and O–H groups in total. The predicted octanol–water partition coefficient (Wildman–Crippen LogP) is 0.936. The maximum Gasteiger partial charge on any atom is 0.338 e. The second kappa shape index (κ2) is 13.4. The highest BCUT2D eigenvalue weighted by Crippen LogP contribution is 2.36. The Bertz CT molecular complexity index is 1350. The maximum atomic E-state index is 11.9. The Morgan fingerprint density at radius 2 is 1.88 bits per heavy atom. The van der Waals surface area contributed by atoms with E-state index < -0.39 is 42.6 Å². The third-order valence-corrected chi connectivity index (χ3v) is 7.24. The van der Waals surface area contributed by atoms with Crippen molar-refractivity contribution < 1.29 is 43.9 Å². The molecule has 1 aliphatic rings. The van der Waals surface area contributed by atoms with Gasteiger partial charge in [0.25, 0.3) is 0 Å². The number of benzene rings is 1. The van der Waals surface area contributed by atoms with Crippen molar-refractivity contribution in [3.8, 4) is 5.75 Å². The van der Waals surface area contributed by atoms with Crippen molar-refractivity contribution in [2.45, 2.75) is 56.6 Å². The van der Waals surface area contributed by atoms with Gasteiger partial charge in [-0.25, -0.2) is 19.7 Å². The average Bonchev–Trinajstić information content (AvgIpc) is 3.46. The number of aliphatic hydroxyl groups excluding tert-OH is 3. The van der Waals surface area contributed by atoms with E-state index >= 15 is 0 Å². The molecule has 222 valence electrons. The molecule has 5 atom stereocenters. The number of esters is 2. The topological polar surface area (TPSA) is 201 Å². The van der Waals surface area contributed by atoms with Crippen LogP contribution in [0, 0.1) is 5.92 Å². The van der Waals surface area contributed by atoms with Crippen molar-refractivity contribution in [2.75, 3.05) is 31.3 Å². The Balaban J connectivity index is 1.44. The van der Waals surface area contributed by atoms with E-state index in [9.17, 15) is 24.9 Å². The van der Waals surface area contributed by atoms with Crippen LogP contribution in [0.25, 0.3) is 11.2 Å². The van der Waals surface area contributed by atoms with Gasteiger partial charge in [0.1, 0.15) is 43.6 Å². The largest absolute Gasteiger partial charge is 0.491 e. The number of nitrogens with two attached hydrogens (primary N) is 1. The summed E-state index contributed by atoms with van der Waals surface area (Å²) in [6.07, 6.45) is -4.60. The SMILES string of the molecule is CCOC(=O)c1ccc(OCC(O)CSc2nc3c(N)ncnc3n2[C@@H]2O[C@H](COC(=O)C(C)C)[C@@H](O)[C@H]2O)cc1. The van der Waals surface area contributed by atoms with Crippen molar-refractivity contribution in [3.05, 3.63) is 36.2 Å². The fourth-order valence-electron chi connectivity index (χ4n) is 3.96. The summed E-state index contributed by atoms with van der Waals surface area (Å²) in [7, 11) is 0. The van der Waals surface area contributed by atoms with Crippen molar-refractivity contribution in [1.29, 1.82) is 0 Å². The number of anilines is 1. The standard InChI is InChI=1S/C26H33N5O9S/c1-4-37-25(36)14-5-7-16(8-6-14)38-9-15(32)11-41-26-30-18-21(27)28-12-29-22(18)31(26)23-20(34)19(33)17(40-23)10-39-24(35)13(2)3/h5-8,12-13,15,17,19-20,23,32-34H,4,9-11H2,1-3H3,(H2,27,28,29)/t15?,17-,19-,20-,23-/m1/s1. The molecular weight excluding hydrogens is 558 g/mol. The zero-order chi connectivity index (χ0) is 29.7. The Kier molecular flexibility index (Phi) is 9.99. The normalized spacial score (nSPS) is 21.2. The number of thioether (sulfide) groups is 1. The number of aromatic nitrogens is 4. The lowest BCUT2D eigenvalue weighted by Gasteiger charge is -2.19. The van der Waals surface area contributed by atoms with Gasteiger partial charge in [-0.2, -0.15) is 0 Å². The van der Waals surface area contributed by atoms with E-state index in [2.05, 4.69) is 15.0 Å². The molecule has 0 amide bonds. The molecule has 0 bridgehead atoms. The number of carbonyl (C=O) groups is 2. The summed E-state index contributed by atoms with van der Waals surface area (Å²) in [5.74, 6) is -0.586. The van der Waals surface area contributed by atoms with Gasteiger partial charge in [0.05, 0.1) is 24.2 Å². The van der Waals surface area contributed by atoms with Gasteiger partial charge in [-0.3, -0.25) is 9.36 Å². The highest BCUT2D eigenvalue weighted by Gasteiger charge is 2.46. The number of hydrogen-bond acceptors (Lipinski definition) is 14. The summed E-state index contributed by atoms with van der Waals surface area (Å²) in [6, 6.07) is 6.35. The molecule has 41 heavy (non-hydrogen) atoms. The number of nitrogens with zero attached hydrogens (tertiary/aromatic N) is 4. The number of hydrogen-bond donors (Lipinski definition) is 4. The van der Waals surface area contributed by atoms with Gasteiger partial charge >= 0.3 is 11.9 Å². The molecule has 1 saturated heterocycles. The second-order valence-electron chi connectivity index (χ2n) is 9.55. The number of aliphatic hydroxyl groups is 3. The van der Waals surface area contributed by atoms with Crippen molar-refractivity contribution in [1.82, 2.24) is 19.5 Å². The average molecular weight is 592 g/mol. The first-order valence-corrected chi connectivity index (χ1v) is 14.0. The third-order valence-electron chi connectivity index (χ3n) is 6.14. The molecule has 1 aliphatic heterocycles. The van der Waals surface area contributed by atoms with Gasteiger partial charge in [0.2, 0.25) is 0 Å². The van der Waals surface area contributed by atoms with Crippen LogP contribution in [0.3, 0.4) is 0 Å². The van der Waals surface area contributed by atoms with Crippen molar-refractivity contribution >= 4 is 40.7 Å². The van der Waals surface area contributed by atoms with E-state index in [0.29, 0.717) is 16.5 Å². The number of carbonyl (C=O) groups excluding carboxylic acids is 2. The minimum Gasteiger partial charge on any atom is -0.491 e. The van der Waals surface area contributed by atoms with E-state index in [1.54, 1.807) is 45.0 Å². The van der Waals surface area contributed by atoms with Crippen LogP contribution >= 0.6 is 11.8 Å². The molecule has 0 saturated carbocycles. The number of imidazole rings is 1. The van der Waals surface area contributed by atoms with E-state index in [0.717, 1.165) is 11.8 Å². The number of rotatable bonds is 12. The first kappa shape index (κ1) is 30.5. The first-order chi connectivity index (χ1) is 19.6. The van der Waals surface area contributed by atoms with Gasteiger partial charge in [-0.15, -0.1) is 0 Å². The Hall–Kier alpha value is -3.50. The highest BCUT2D eigenvalue weighted by molar-refractivity contribution is 7.99.